The van der Waals surface area contributed by atoms with Gasteiger partial charge < -0.3 is 21.5 Å². The zero-order chi connectivity index (χ0) is 20.3. The Hall–Kier alpha value is -3.79. The number of thiazole rings is 1. The second-order valence-electron chi connectivity index (χ2n) is 5.69. The number of benzene rings is 2. The van der Waals surface area contributed by atoms with E-state index in [9.17, 15) is 19.2 Å². The molecule has 0 aliphatic rings. The molecule has 0 fully saturated rings. The molecule has 1 aromatic heterocycles. The number of rotatable bonds is 6. The van der Waals surface area contributed by atoms with E-state index in [1.165, 1.54) is 29.5 Å². The maximum atomic E-state index is 12.1. The summed E-state index contributed by atoms with van der Waals surface area (Å²) in [6.45, 7) is -0.563. The number of anilines is 1. The Kier molecular flexibility index (Phi) is 5.32. The Balaban J connectivity index is 1.66. The second kappa shape index (κ2) is 7.84. The first-order chi connectivity index (χ1) is 13.3. The molecule has 3 aromatic rings. The fraction of sp³-hybridized carbons (Fsp3) is 0.0556. The van der Waals surface area contributed by atoms with Gasteiger partial charge in [-0.15, -0.1) is 11.3 Å². The summed E-state index contributed by atoms with van der Waals surface area (Å²) < 4.78 is 5.81. The number of carbonyl (C=O) groups excluding carboxylic acids is 4. The molecule has 0 aliphatic carbocycles. The van der Waals surface area contributed by atoms with Crippen LogP contribution in [0.15, 0.2) is 41.9 Å². The first kappa shape index (κ1) is 19.0. The van der Waals surface area contributed by atoms with Gasteiger partial charge >= 0.3 is 5.97 Å². The number of ether oxygens (including phenoxy) is 1. The normalized spacial score (nSPS) is 10.4. The Labute approximate surface area is 162 Å². The number of primary amides is 2. The fourth-order valence-electron chi connectivity index (χ4n) is 2.38. The van der Waals surface area contributed by atoms with Gasteiger partial charge in [0, 0.05) is 16.8 Å². The highest BCUT2D eigenvalue weighted by molar-refractivity contribution is 7.16. The van der Waals surface area contributed by atoms with Crippen LogP contribution in [0.2, 0.25) is 0 Å². The first-order valence-electron chi connectivity index (χ1n) is 7.88. The van der Waals surface area contributed by atoms with Crippen molar-refractivity contribution in [1.82, 2.24) is 4.98 Å². The van der Waals surface area contributed by atoms with Crippen molar-refractivity contribution in [3.63, 3.8) is 0 Å². The number of esters is 1. The molecule has 0 unspecified atom stereocenters. The molecule has 0 atom stereocenters. The molecule has 3 rings (SSSR count). The molecule has 0 spiro atoms. The van der Waals surface area contributed by atoms with Crippen molar-refractivity contribution in [2.75, 3.05) is 11.9 Å². The molecule has 0 radical (unpaired) electrons. The van der Waals surface area contributed by atoms with Gasteiger partial charge in [0.2, 0.25) is 11.8 Å². The van der Waals surface area contributed by atoms with Crippen LogP contribution in [-0.4, -0.2) is 35.3 Å². The third-order valence-corrected chi connectivity index (χ3v) is 4.48. The van der Waals surface area contributed by atoms with Gasteiger partial charge in [-0.05, 0) is 36.4 Å². The quantitative estimate of drug-likeness (QED) is 0.532. The largest absolute Gasteiger partial charge is 0.452 e. The van der Waals surface area contributed by atoms with Gasteiger partial charge in [0.25, 0.3) is 5.91 Å². The summed E-state index contributed by atoms with van der Waals surface area (Å²) in [6.07, 6.45) is 0. The van der Waals surface area contributed by atoms with Gasteiger partial charge in [-0.25, -0.2) is 9.78 Å². The first-order valence-corrected chi connectivity index (χ1v) is 8.76. The van der Waals surface area contributed by atoms with Crippen LogP contribution >= 0.6 is 11.3 Å². The van der Waals surface area contributed by atoms with Crippen LogP contribution in [0.4, 0.5) is 5.69 Å². The van der Waals surface area contributed by atoms with Crippen LogP contribution in [-0.2, 0) is 9.53 Å². The van der Waals surface area contributed by atoms with Crippen LogP contribution in [0, 0.1) is 0 Å². The summed E-state index contributed by atoms with van der Waals surface area (Å²) in [5, 5.41) is 2.43. The lowest BCUT2D eigenvalue weighted by Gasteiger charge is -2.09. The summed E-state index contributed by atoms with van der Waals surface area (Å²) in [5.74, 6) is -2.91. The van der Waals surface area contributed by atoms with Gasteiger partial charge in [-0.2, -0.15) is 0 Å². The predicted molar refractivity (Wildman–Crippen MR) is 102 cm³/mol. The summed E-state index contributed by atoms with van der Waals surface area (Å²) in [4.78, 5) is 51.0. The number of nitrogens with two attached hydrogens (primary N) is 2. The van der Waals surface area contributed by atoms with Gasteiger partial charge in [0.05, 0.1) is 21.3 Å². The summed E-state index contributed by atoms with van der Waals surface area (Å²) in [7, 11) is 0. The van der Waals surface area contributed by atoms with Gasteiger partial charge in [0.15, 0.2) is 6.61 Å². The molecule has 3 amide bonds. The molecule has 0 saturated heterocycles. The molecule has 0 aliphatic heterocycles. The van der Waals surface area contributed by atoms with E-state index in [0.717, 1.165) is 10.2 Å². The van der Waals surface area contributed by atoms with Crippen molar-refractivity contribution in [2.45, 2.75) is 0 Å². The Morgan fingerprint density at radius 2 is 1.64 bits per heavy atom. The molecule has 142 valence electrons. The monoisotopic (exact) mass is 398 g/mol. The van der Waals surface area contributed by atoms with Crippen molar-refractivity contribution in [3.8, 4) is 0 Å². The van der Waals surface area contributed by atoms with Crippen LogP contribution in [0.3, 0.4) is 0 Å². The maximum Gasteiger partial charge on any atom is 0.338 e. The number of carbonyl (C=O) groups is 4. The van der Waals surface area contributed by atoms with Gasteiger partial charge in [-0.1, -0.05) is 0 Å². The second-order valence-corrected chi connectivity index (χ2v) is 6.57. The Morgan fingerprint density at radius 3 is 2.29 bits per heavy atom. The SMILES string of the molecule is NC(=O)c1cc(NC(=O)COC(=O)c2ccc3ncsc3c2)cc(C(N)=O)c1. The number of amides is 3. The van der Waals surface area contributed by atoms with Crippen molar-refractivity contribution >= 4 is 50.9 Å². The summed E-state index contributed by atoms with van der Waals surface area (Å²) in [5.41, 5.74) is 13.2. The van der Waals surface area contributed by atoms with Crippen LogP contribution in [0.5, 0.6) is 0 Å². The van der Waals surface area contributed by atoms with Crippen molar-refractivity contribution in [1.29, 1.82) is 0 Å². The van der Waals surface area contributed by atoms with Crippen molar-refractivity contribution in [3.05, 3.63) is 58.6 Å². The minimum absolute atomic E-state index is 0.00135. The zero-order valence-corrected chi connectivity index (χ0v) is 15.1. The third kappa shape index (κ3) is 4.30. The number of aromatic nitrogens is 1. The van der Waals surface area contributed by atoms with Gasteiger partial charge in [0.1, 0.15) is 0 Å². The molecule has 28 heavy (non-hydrogen) atoms. The lowest BCUT2D eigenvalue weighted by atomic mass is 10.1. The number of nitrogens with one attached hydrogen (secondary N) is 1. The van der Waals surface area contributed by atoms with E-state index < -0.39 is 30.3 Å². The minimum Gasteiger partial charge on any atom is -0.452 e. The molecule has 9 nitrogen and oxygen atoms in total. The smallest absolute Gasteiger partial charge is 0.338 e. The van der Waals surface area contributed by atoms with Crippen molar-refractivity contribution < 1.29 is 23.9 Å². The molecule has 1 heterocycles. The number of hydrogen-bond acceptors (Lipinski definition) is 7. The third-order valence-electron chi connectivity index (χ3n) is 3.69. The van der Waals surface area contributed by atoms with E-state index in [1.54, 1.807) is 23.7 Å². The topological polar surface area (TPSA) is 154 Å². The predicted octanol–water partition coefficient (Wildman–Crippen LogP) is 1.29. The fourth-order valence-corrected chi connectivity index (χ4v) is 3.09. The summed E-state index contributed by atoms with van der Waals surface area (Å²) in [6, 6.07) is 8.65. The number of hydrogen-bond donors (Lipinski definition) is 3. The number of nitrogens with zero attached hydrogens (tertiary/aromatic N) is 1. The lowest BCUT2D eigenvalue weighted by molar-refractivity contribution is -0.119. The molecular weight excluding hydrogens is 384 g/mol. The van der Waals surface area contributed by atoms with Crippen LogP contribution in [0.1, 0.15) is 31.1 Å². The number of fused-ring (bicyclic) bond motifs is 1. The summed E-state index contributed by atoms with van der Waals surface area (Å²) >= 11 is 1.38. The van der Waals surface area contributed by atoms with Crippen LogP contribution < -0.4 is 16.8 Å². The highest BCUT2D eigenvalue weighted by Gasteiger charge is 2.14. The standard InChI is InChI=1S/C18H14N4O5S/c19-16(24)10-3-11(17(20)25)5-12(4-10)22-15(23)7-27-18(26)9-1-2-13-14(6-9)28-8-21-13/h1-6,8H,7H2,(H2,19,24)(H2,20,25)(H,22,23). The van der Waals surface area contributed by atoms with E-state index in [1.807, 2.05) is 0 Å². The Bertz CT molecular complexity index is 1080. The van der Waals surface area contributed by atoms with E-state index in [4.69, 9.17) is 16.2 Å². The van der Waals surface area contributed by atoms with E-state index in [0.29, 0.717) is 0 Å². The van der Waals surface area contributed by atoms with Gasteiger partial charge in [-0.3, -0.25) is 14.4 Å². The van der Waals surface area contributed by atoms with E-state index in [-0.39, 0.29) is 22.4 Å². The van der Waals surface area contributed by atoms with E-state index in [2.05, 4.69) is 10.3 Å². The highest BCUT2D eigenvalue weighted by Crippen LogP contribution is 2.19. The molecule has 10 heteroatoms. The average molecular weight is 398 g/mol. The van der Waals surface area contributed by atoms with Crippen LogP contribution in [0.25, 0.3) is 10.2 Å². The minimum atomic E-state index is -0.788. The highest BCUT2D eigenvalue weighted by atomic mass is 32.1. The Morgan fingerprint density at radius 1 is 0.964 bits per heavy atom. The maximum absolute atomic E-state index is 12.1. The average Bonchev–Trinajstić information content (AvgIpc) is 3.13. The van der Waals surface area contributed by atoms with E-state index >= 15 is 0 Å². The van der Waals surface area contributed by atoms with Crippen molar-refractivity contribution in [2.24, 2.45) is 11.5 Å². The molecule has 2 aromatic carbocycles. The zero-order valence-electron chi connectivity index (χ0n) is 14.3. The lowest BCUT2D eigenvalue weighted by Crippen LogP contribution is -2.22. The molecule has 0 bridgehead atoms. The molecule has 0 saturated carbocycles. The molecule has 5 N–H and O–H groups in total. The molecular formula is C18H14N4O5S.